The first-order chi connectivity index (χ1) is 16.5. The lowest BCUT2D eigenvalue weighted by Gasteiger charge is -2.07. The zero-order valence-corrected chi connectivity index (χ0v) is 19.9. The van der Waals surface area contributed by atoms with Gasteiger partial charge in [0.05, 0.1) is 5.69 Å². The first-order valence-corrected chi connectivity index (χ1v) is 12.0. The number of aryl methyl sites for hydroxylation is 1. The summed E-state index contributed by atoms with van der Waals surface area (Å²) in [6.07, 6.45) is 6.59. The van der Waals surface area contributed by atoms with Crippen LogP contribution < -0.4 is 5.73 Å². The van der Waals surface area contributed by atoms with Crippen molar-refractivity contribution in [2.75, 3.05) is 20.1 Å². The fourth-order valence-corrected chi connectivity index (χ4v) is 5.45. The van der Waals surface area contributed by atoms with Gasteiger partial charge in [-0.1, -0.05) is 36.8 Å². The number of carbonyl (C=O) groups excluding carboxylic acids is 1. The quantitative estimate of drug-likeness (QED) is 0.503. The molecule has 0 spiro atoms. The highest BCUT2D eigenvalue weighted by atomic mass is 16.1. The van der Waals surface area contributed by atoms with Crippen molar-refractivity contribution in [2.24, 2.45) is 17.6 Å². The van der Waals surface area contributed by atoms with E-state index in [1.54, 1.807) is 11.6 Å². The zero-order valence-electron chi connectivity index (χ0n) is 19.9. The number of carbonyl (C=O) groups is 1. The zero-order chi connectivity index (χ0) is 23.7. The molecule has 2 fully saturated rings. The van der Waals surface area contributed by atoms with Gasteiger partial charge >= 0.3 is 0 Å². The Labute approximate surface area is 200 Å². The van der Waals surface area contributed by atoms with E-state index in [1.807, 2.05) is 30.3 Å². The molecule has 1 aliphatic heterocycles. The number of rotatable bonds is 4. The number of fused-ring (bicyclic) bond motifs is 2. The van der Waals surface area contributed by atoms with E-state index < -0.39 is 5.91 Å². The summed E-state index contributed by atoms with van der Waals surface area (Å²) in [6.45, 7) is 5.37. The molecule has 7 nitrogen and oxygen atoms in total. The van der Waals surface area contributed by atoms with E-state index in [1.165, 1.54) is 37.9 Å². The molecule has 7 heteroatoms. The van der Waals surface area contributed by atoms with Crippen LogP contribution in [0.3, 0.4) is 0 Å². The normalized spacial score (nSPS) is 19.7. The Balaban J connectivity index is 0.000000222. The van der Waals surface area contributed by atoms with Crippen LogP contribution in [0, 0.1) is 18.8 Å². The van der Waals surface area contributed by atoms with Crippen molar-refractivity contribution in [3.63, 3.8) is 0 Å². The topological polar surface area (TPSA) is 82.0 Å². The Kier molecular flexibility index (Phi) is 6.20. The minimum Gasteiger partial charge on any atom is -0.363 e. The van der Waals surface area contributed by atoms with E-state index in [2.05, 4.69) is 57.1 Å². The molecular weight excluding hydrogens is 424 g/mol. The number of amides is 1. The van der Waals surface area contributed by atoms with Crippen LogP contribution in [0.4, 0.5) is 0 Å². The molecule has 2 aromatic heterocycles. The third-order valence-electron chi connectivity index (χ3n) is 7.09. The first kappa shape index (κ1) is 22.3. The highest BCUT2D eigenvalue weighted by Crippen LogP contribution is 2.36. The van der Waals surface area contributed by atoms with E-state index in [9.17, 15) is 4.79 Å². The monoisotopic (exact) mass is 456 g/mol. The molecule has 2 unspecified atom stereocenters. The summed E-state index contributed by atoms with van der Waals surface area (Å²) < 4.78 is 3.84. The van der Waals surface area contributed by atoms with Crippen molar-refractivity contribution in [3.8, 4) is 5.69 Å². The highest BCUT2D eigenvalue weighted by molar-refractivity contribution is 5.88. The van der Waals surface area contributed by atoms with Crippen LogP contribution >= 0.6 is 0 Å². The number of hydrogen-bond donors (Lipinski definition) is 1. The lowest BCUT2D eigenvalue weighted by Crippen LogP contribution is -2.14. The molecule has 2 aromatic carbocycles. The molecule has 0 bridgehead atoms. The van der Waals surface area contributed by atoms with E-state index in [-0.39, 0.29) is 5.82 Å². The van der Waals surface area contributed by atoms with Gasteiger partial charge < -0.3 is 15.2 Å². The summed E-state index contributed by atoms with van der Waals surface area (Å²) >= 11 is 0. The van der Waals surface area contributed by atoms with Crippen molar-refractivity contribution in [2.45, 2.75) is 32.7 Å². The highest BCUT2D eigenvalue weighted by Gasteiger charge is 2.33. The van der Waals surface area contributed by atoms with Crippen molar-refractivity contribution in [3.05, 3.63) is 78.0 Å². The maximum Gasteiger partial charge on any atom is 0.288 e. The smallest absolute Gasteiger partial charge is 0.288 e. The van der Waals surface area contributed by atoms with Crippen LogP contribution in [-0.2, 0) is 6.54 Å². The fraction of sp³-hybridized carbons (Fsp3) is 0.370. The molecule has 1 saturated heterocycles. The fourth-order valence-electron chi connectivity index (χ4n) is 5.45. The number of likely N-dealkylation sites (tertiary alicyclic amines) is 1. The van der Waals surface area contributed by atoms with Crippen molar-refractivity contribution in [1.29, 1.82) is 0 Å². The van der Waals surface area contributed by atoms with Gasteiger partial charge in [-0.2, -0.15) is 0 Å². The van der Waals surface area contributed by atoms with E-state index in [0.29, 0.717) is 5.82 Å². The Hall–Kier alpha value is -3.45. The van der Waals surface area contributed by atoms with Gasteiger partial charge in [0, 0.05) is 36.7 Å². The predicted molar refractivity (Wildman–Crippen MR) is 134 cm³/mol. The maximum absolute atomic E-state index is 11.3. The van der Waals surface area contributed by atoms with Gasteiger partial charge in [-0.25, -0.2) is 9.67 Å². The molecule has 34 heavy (non-hydrogen) atoms. The second kappa shape index (κ2) is 9.43. The van der Waals surface area contributed by atoms with Crippen LogP contribution in [0.5, 0.6) is 0 Å². The molecule has 1 saturated carbocycles. The van der Waals surface area contributed by atoms with Crippen molar-refractivity contribution >= 4 is 16.8 Å². The van der Waals surface area contributed by atoms with Gasteiger partial charge in [-0.3, -0.25) is 4.79 Å². The van der Waals surface area contributed by atoms with Crippen LogP contribution in [0.1, 0.15) is 41.3 Å². The molecule has 176 valence electrons. The minimum atomic E-state index is -0.628. The average Bonchev–Trinajstić information content (AvgIpc) is 3.59. The molecule has 0 radical (unpaired) electrons. The molecular formula is C27H32N6O. The van der Waals surface area contributed by atoms with Crippen LogP contribution in [-0.4, -0.2) is 50.3 Å². The third-order valence-corrected chi connectivity index (χ3v) is 7.09. The number of nitrogens with two attached hydrogens (primary N) is 1. The van der Waals surface area contributed by atoms with Gasteiger partial charge in [0.25, 0.3) is 5.91 Å². The second-order valence-corrected chi connectivity index (χ2v) is 9.60. The lowest BCUT2D eigenvalue weighted by molar-refractivity contribution is 0.0990. The van der Waals surface area contributed by atoms with Gasteiger partial charge in [-0.15, -0.1) is 5.10 Å². The SMILES string of the molecule is CN1CC2CCCC2C1.Cc1nc(C(N)=O)nn1-c1ccc2c(ccn2Cc2ccccc2)c1. The van der Waals surface area contributed by atoms with Crippen LogP contribution in [0.2, 0.25) is 0 Å². The molecule has 4 aromatic rings. The number of aromatic nitrogens is 4. The maximum atomic E-state index is 11.3. The van der Waals surface area contributed by atoms with Gasteiger partial charge in [0.1, 0.15) is 5.82 Å². The third kappa shape index (κ3) is 4.61. The molecule has 6 rings (SSSR count). The van der Waals surface area contributed by atoms with Crippen molar-refractivity contribution < 1.29 is 4.79 Å². The summed E-state index contributed by atoms with van der Waals surface area (Å²) in [5.74, 6) is 2.18. The number of benzene rings is 2. The summed E-state index contributed by atoms with van der Waals surface area (Å²) in [5.41, 5.74) is 8.50. The number of hydrogen-bond acceptors (Lipinski definition) is 4. The summed E-state index contributed by atoms with van der Waals surface area (Å²) in [5, 5.41) is 5.29. The Morgan fingerprint density at radius 1 is 1.06 bits per heavy atom. The van der Waals surface area contributed by atoms with Crippen LogP contribution in [0.25, 0.3) is 16.6 Å². The van der Waals surface area contributed by atoms with Gasteiger partial charge in [-0.05, 0) is 68.5 Å². The summed E-state index contributed by atoms with van der Waals surface area (Å²) in [4.78, 5) is 17.8. The Morgan fingerprint density at radius 2 is 1.79 bits per heavy atom. The molecule has 2 N–H and O–H groups in total. The van der Waals surface area contributed by atoms with E-state index in [0.717, 1.165) is 35.0 Å². The largest absolute Gasteiger partial charge is 0.363 e. The predicted octanol–water partition coefficient (Wildman–Crippen LogP) is 4.03. The molecule has 2 atom stereocenters. The Morgan fingerprint density at radius 3 is 2.47 bits per heavy atom. The first-order valence-electron chi connectivity index (χ1n) is 12.0. The minimum absolute atomic E-state index is 0.0271. The molecule has 2 aliphatic rings. The molecule has 1 amide bonds. The van der Waals surface area contributed by atoms with Crippen molar-refractivity contribution in [1.82, 2.24) is 24.2 Å². The number of primary amides is 1. The van der Waals surface area contributed by atoms with E-state index >= 15 is 0 Å². The van der Waals surface area contributed by atoms with Gasteiger partial charge in [0.15, 0.2) is 0 Å². The lowest BCUT2D eigenvalue weighted by atomic mass is 10.0. The number of nitrogens with zero attached hydrogens (tertiary/aromatic N) is 5. The average molecular weight is 457 g/mol. The summed E-state index contributed by atoms with van der Waals surface area (Å²) in [6, 6.07) is 18.5. The molecule has 1 aliphatic carbocycles. The van der Waals surface area contributed by atoms with Gasteiger partial charge in [0.2, 0.25) is 5.82 Å². The second-order valence-electron chi connectivity index (χ2n) is 9.60. The molecule has 3 heterocycles. The Bertz CT molecular complexity index is 1280. The summed E-state index contributed by atoms with van der Waals surface area (Å²) in [7, 11) is 2.25. The van der Waals surface area contributed by atoms with E-state index in [4.69, 9.17) is 5.73 Å². The van der Waals surface area contributed by atoms with Crippen LogP contribution in [0.15, 0.2) is 60.8 Å². The standard InChI is InChI=1S/C19H17N5O.C8H15N/c1-13-21-19(18(20)25)22-24(13)16-7-8-17-15(11-16)9-10-23(17)12-14-5-3-2-4-6-14;1-9-5-7-3-2-4-8(7)6-9/h2-11H,12H2,1H3,(H2,20,25);7-8H,2-6H2,1H3.